The second-order valence-corrected chi connectivity index (χ2v) is 22.0. The van der Waals surface area contributed by atoms with Gasteiger partial charge in [0.25, 0.3) is 0 Å². The van der Waals surface area contributed by atoms with E-state index in [0.717, 1.165) is 52.8 Å². The monoisotopic (exact) mass is 774 g/mol. The molecule has 2 aliphatic rings. The highest BCUT2D eigenvalue weighted by Gasteiger charge is 2.37. The van der Waals surface area contributed by atoms with Crippen LogP contribution in [0.25, 0.3) is 11.0 Å². The van der Waals surface area contributed by atoms with Gasteiger partial charge in [-0.1, -0.05) is 54.1 Å². The lowest BCUT2D eigenvalue weighted by Crippen LogP contribution is -2.55. The van der Waals surface area contributed by atoms with E-state index in [0.29, 0.717) is 24.8 Å². The van der Waals surface area contributed by atoms with Crippen molar-refractivity contribution in [1.29, 1.82) is 0 Å². The van der Waals surface area contributed by atoms with Crippen LogP contribution in [0.4, 0.5) is 5.69 Å². The Kier molecular flexibility index (Phi) is 10.8. The van der Waals surface area contributed by atoms with Gasteiger partial charge >= 0.3 is 5.97 Å². The molecular weight excluding hydrogens is 728 g/mol. The van der Waals surface area contributed by atoms with Gasteiger partial charge in [-0.25, -0.2) is 9.78 Å². The molecule has 2 amide bonds. The van der Waals surface area contributed by atoms with Gasteiger partial charge in [-0.2, -0.15) is 0 Å². The van der Waals surface area contributed by atoms with Crippen molar-refractivity contribution in [2.75, 3.05) is 24.6 Å². The minimum absolute atomic E-state index is 0.0428. The fraction of sp³-hybridized carbons (Fsp3) is 0.436. The van der Waals surface area contributed by atoms with Crippen LogP contribution in [-0.2, 0) is 32.2 Å². The molecule has 51 heavy (non-hydrogen) atoms. The molecule has 2 aromatic carbocycles. The molecule has 12 heteroatoms. The normalized spacial score (nSPS) is 17.0. The Labute approximate surface area is 309 Å². The highest BCUT2D eigenvalue weighted by atomic mass is 79.9. The van der Waals surface area contributed by atoms with Crippen LogP contribution < -0.4 is 9.64 Å². The van der Waals surface area contributed by atoms with Gasteiger partial charge in [0.15, 0.2) is 0 Å². The first kappa shape index (κ1) is 36.8. The van der Waals surface area contributed by atoms with Crippen molar-refractivity contribution in [3.63, 3.8) is 0 Å². The average molecular weight is 776 g/mol. The Balaban J connectivity index is 1.24. The average Bonchev–Trinajstić information content (AvgIpc) is 3.32. The first-order chi connectivity index (χ1) is 24.2. The van der Waals surface area contributed by atoms with E-state index < -0.39 is 19.6 Å². The number of aromatic nitrogens is 2. The van der Waals surface area contributed by atoms with Gasteiger partial charge in [-0.05, 0) is 87.5 Å². The number of piperazine rings is 1. The molecule has 1 atom stereocenters. The van der Waals surface area contributed by atoms with E-state index >= 15 is 0 Å². The third-order valence-electron chi connectivity index (χ3n) is 9.19. The number of hydrogen-bond acceptors (Lipinski definition) is 7. The number of hydrogen-bond donors (Lipinski definition) is 0. The molecule has 3 heterocycles. The summed E-state index contributed by atoms with van der Waals surface area (Å²) < 4.78 is 21.0. The maximum absolute atomic E-state index is 13.8. The van der Waals surface area contributed by atoms with Gasteiger partial charge in [-0.15, -0.1) is 0 Å². The van der Waals surface area contributed by atoms with Crippen molar-refractivity contribution in [3.05, 3.63) is 82.1 Å². The number of benzene rings is 2. The molecule has 2 aromatic heterocycles. The minimum Gasteiger partial charge on any atom is -0.456 e. The number of carbonyl (C=O) groups is 3. The van der Waals surface area contributed by atoms with E-state index in [1.54, 1.807) is 50.1 Å². The number of fused-ring (bicyclic) bond motifs is 2. The van der Waals surface area contributed by atoms with Gasteiger partial charge in [-0.3, -0.25) is 9.59 Å². The zero-order valence-corrected chi connectivity index (χ0v) is 32.9. The third kappa shape index (κ3) is 8.73. The molecule has 0 spiro atoms. The van der Waals surface area contributed by atoms with E-state index in [-0.39, 0.29) is 42.3 Å². The molecule has 1 saturated heterocycles. The first-order valence-electron chi connectivity index (χ1n) is 17.6. The Bertz CT molecular complexity index is 1950. The van der Waals surface area contributed by atoms with Crippen LogP contribution in [0, 0.1) is 0 Å². The van der Waals surface area contributed by atoms with Crippen LogP contribution in [-0.4, -0.2) is 65.6 Å². The molecule has 10 nitrogen and oxygen atoms in total. The number of anilines is 1. The Hall–Kier alpha value is -4.00. The maximum atomic E-state index is 13.8. The van der Waals surface area contributed by atoms with Crippen molar-refractivity contribution < 1.29 is 28.6 Å². The molecule has 0 bridgehead atoms. The van der Waals surface area contributed by atoms with Crippen LogP contribution in [0.5, 0.6) is 11.5 Å². The van der Waals surface area contributed by atoms with Gasteiger partial charge in [0.05, 0.1) is 12.2 Å². The Morgan fingerprint density at radius 2 is 1.82 bits per heavy atom. The molecule has 0 N–H and O–H groups in total. The molecule has 1 unspecified atom stereocenters. The molecule has 6 rings (SSSR count). The standard InChI is InChI=1S/C39H47BrN4O6Si/c1-39(2,3)50-38(47)31-15-14-27(21-34(31)49-28-20-26-16-17-42(37(26)41-22-28)25-48-18-19-51(4,5)6)43-23-36(46)44(24-35(43)45)33-13-8-7-10-29-30(33)11-9-12-32(29)40/h9,11-12,14-17,20-22,33H,7-8,10,13,18-19,23-25H2,1-6H3. The number of esters is 1. The summed E-state index contributed by atoms with van der Waals surface area (Å²) in [6.07, 6.45) is 7.27. The largest absolute Gasteiger partial charge is 0.456 e. The number of nitrogens with zero attached hydrogens (tertiary/aromatic N) is 4. The second-order valence-electron chi connectivity index (χ2n) is 15.6. The summed E-state index contributed by atoms with van der Waals surface area (Å²) in [4.78, 5) is 48.8. The van der Waals surface area contributed by atoms with Gasteiger partial charge in [0, 0.05) is 42.5 Å². The van der Waals surface area contributed by atoms with Gasteiger partial charge in [0.2, 0.25) is 11.8 Å². The number of rotatable bonds is 10. The van der Waals surface area contributed by atoms with E-state index in [4.69, 9.17) is 14.2 Å². The highest BCUT2D eigenvalue weighted by Crippen LogP contribution is 2.39. The molecule has 1 aliphatic carbocycles. The molecule has 1 aliphatic heterocycles. The summed E-state index contributed by atoms with van der Waals surface area (Å²) in [7, 11) is -1.19. The number of carbonyl (C=O) groups excluding carboxylic acids is 3. The van der Waals surface area contributed by atoms with E-state index in [1.807, 2.05) is 35.0 Å². The zero-order chi connectivity index (χ0) is 36.5. The van der Waals surface area contributed by atoms with Crippen LogP contribution >= 0.6 is 15.9 Å². The molecule has 0 radical (unpaired) electrons. The summed E-state index contributed by atoms with van der Waals surface area (Å²) in [5.41, 5.74) is 2.97. The van der Waals surface area contributed by atoms with Crippen molar-refractivity contribution in [2.45, 2.75) is 90.5 Å². The van der Waals surface area contributed by atoms with Crippen LogP contribution in [0.1, 0.15) is 67.6 Å². The molecule has 4 aromatic rings. The minimum atomic E-state index is -1.19. The fourth-order valence-electron chi connectivity index (χ4n) is 6.57. The van der Waals surface area contributed by atoms with Crippen molar-refractivity contribution in [3.8, 4) is 11.5 Å². The summed E-state index contributed by atoms with van der Waals surface area (Å²) in [5.74, 6) is -0.294. The molecule has 0 saturated carbocycles. The summed E-state index contributed by atoms with van der Waals surface area (Å²) in [6, 6.07) is 15.7. The fourth-order valence-corrected chi connectivity index (χ4v) is 7.91. The summed E-state index contributed by atoms with van der Waals surface area (Å²) in [5, 5.41) is 0.847. The predicted molar refractivity (Wildman–Crippen MR) is 204 cm³/mol. The van der Waals surface area contributed by atoms with Crippen molar-refractivity contribution >= 4 is 58.5 Å². The lowest BCUT2D eigenvalue weighted by molar-refractivity contribution is -0.141. The number of pyridine rings is 1. The van der Waals surface area contributed by atoms with Gasteiger partial charge < -0.3 is 28.6 Å². The van der Waals surface area contributed by atoms with Crippen LogP contribution in [0.2, 0.25) is 25.7 Å². The van der Waals surface area contributed by atoms with E-state index in [9.17, 15) is 14.4 Å². The predicted octanol–water partition coefficient (Wildman–Crippen LogP) is 8.50. The second kappa shape index (κ2) is 14.9. The maximum Gasteiger partial charge on any atom is 0.342 e. The highest BCUT2D eigenvalue weighted by molar-refractivity contribution is 9.10. The Morgan fingerprint density at radius 3 is 2.59 bits per heavy atom. The number of ether oxygens (including phenoxy) is 3. The van der Waals surface area contributed by atoms with Crippen LogP contribution in [0.3, 0.4) is 0 Å². The third-order valence-corrected chi connectivity index (χ3v) is 11.6. The SMILES string of the molecule is CC(C)(C)OC(=O)c1ccc(N2CC(=O)N(C3CCCCc4c(Br)cccc43)CC2=O)cc1Oc1cnc2c(ccn2COCC[Si](C)(C)C)c1. The van der Waals surface area contributed by atoms with Crippen molar-refractivity contribution in [1.82, 2.24) is 14.5 Å². The molecule has 1 fully saturated rings. The van der Waals surface area contributed by atoms with Crippen LogP contribution in [0.15, 0.2) is 65.4 Å². The topological polar surface area (TPSA) is 103 Å². The smallest absolute Gasteiger partial charge is 0.342 e. The number of amides is 2. The number of halogens is 1. The lowest BCUT2D eigenvalue weighted by atomic mass is 9.97. The first-order valence-corrected chi connectivity index (χ1v) is 22.1. The zero-order valence-electron chi connectivity index (χ0n) is 30.3. The molecule has 270 valence electrons. The summed E-state index contributed by atoms with van der Waals surface area (Å²) in [6.45, 7) is 13.3. The lowest BCUT2D eigenvalue weighted by Gasteiger charge is -2.39. The van der Waals surface area contributed by atoms with E-state index in [2.05, 4.69) is 46.6 Å². The Morgan fingerprint density at radius 1 is 1.02 bits per heavy atom. The quantitative estimate of drug-likeness (QED) is 0.0689. The van der Waals surface area contributed by atoms with Gasteiger partial charge in [0.1, 0.15) is 48.1 Å². The van der Waals surface area contributed by atoms with Crippen molar-refractivity contribution in [2.24, 2.45) is 0 Å². The van der Waals surface area contributed by atoms with E-state index in [1.165, 1.54) is 10.5 Å². The molecular formula is C39H47BrN4O6Si. The summed E-state index contributed by atoms with van der Waals surface area (Å²) >= 11 is 3.69.